The van der Waals surface area contributed by atoms with Gasteiger partial charge in [0.2, 0.25) is 0 Å². The summed E-state index contributed by atoms with van der Waals surface area (Å²) >= 11 is 0. The highest BCUT2D eigenvalue weighted by Gasteiger charge is 2.41. The lowest BCUT2D eigenvalue weighted by molar-refractivity contribution is 0.0991. The third kappa shape index (κ3) is 8.26. The molecule has 0 aromatic heterocycles. The van der Waals surface area contributed by atoms with Gasteiger partial charge in [-0.05, 0) is 108 Å². The molecular weight excluding hydrogens is 739 g/mol. The van der Waals surface area contributed by atoms with Gasteiger partial charge in [0.1, 0.15) is 36.2 Å². The van der Waals surface area contributed by atoms with Crippen molar-refractivity contribution in [3.05, 3.63) is 58.2 Å². The summed E-state index contributed by atoms with van der Waals surface area (Å²) < 4.78 is 76.8. The lowest BCUT2D eigenvalue weighted by atomic mass is 9.86. The van der Waals surface area contributed by atoms with E-state index >= 15 is 8.78 Å². The summed E-state index contributed by atoms with van der Waals surface area (Å²) in [6.45, 7) is 6.85. The van der Waals surface area contributed by atoms with Crippen molar-refractivity contribution in [2.45, 2.75) is 114 Å². The lowest BCUT2D eigenvalue weighted by Gasteiger charge is -2.39. The van der Waals surface area contributed by atoms with E-state index in [9.17, 15) is 8.78 Å². The van der Waals surface area contributed by atoms with E-state index in [1.54, 1.807) is 21.0 Å². The molecule has 2 saturated heterocycles. The van der Waals surface area contributed by atoms with E-state index in [1.807, 2.05) is 25.1 Å². The van der Waals surface area contributed by atoms with Gasteiger partial charge in [-0.25, -0.2) is 17.6 Å². The molecule has 2 aromatic rings. The Morgan fingerprint density at radius 2 is 1.37 bits per heavy atom. The van der Waals surface area contributed by atoms with E-state index in [0.29, 0.717) is 85.8 Å². The third-order valence-corrected chi connectivity index (χ3v) is 12.7. The van der Waals surface area contributed by atoms with E-state index in [-0.39, 0.29) is 30.0 Å². The highest BCUT2D eigenvalue weighted by molar-refractivity contribution is 5.78. The quantitative estimate of drug-likeness (QED) is 0.169. The van der Waals surface area contributed by atoms with Gasteiger partial charge >= 0.3 is 0 Å². The fraction of sp³-hybridized carbons (Fsp3) is 0.619. The number of alkyl halides is 2. The van der Waals surface area contributed by atoms with Gasteiger partial charge < -0.3 is 41.4 Å². The number of anilines is 2. The van der Waals surface area contributed by atoms with Crippen molar-refractivity contribution in [3.8, 4) is 11.5 Å². The first-order valence-corrected chi connectivity index (χ1v) is 20.9. The van der Waals surface area contributed by atoms with Crippen molar-refractivity contribution in [2.24, 2.45) is 5.92 Å². The van der Waals surface area contributed by atoms with Gasteiger partial charge in [0.15, 0.2) is 11.6 Å². The fourth-order valence-electron chi connectivity index (χ4n) is 9.51. The summed E-state index contributed by atoms with van der Waals surface area (Å²) in [6, 6.07) is 2.42. The molecular formula is C42H59F4N9O2. The molecule has 11 nitrogen and oxygen atoms in total. The van der Waals surface area contributed by atoms with Gasteiger partial charge in [-0.1, -0.05) is 12.2 Å². The third-order valence-electron chi connectivity index (χ3n) is 12.7. The van der Waals surface area contributed by atoms with E-state index in [4.69, 9.17) is 9.47 Å². The monoisotopic (exact) mass is 797 g/mol. The first-order valence-electron chi connectivity index (χ1n) is 20.9. The highest BCUT2D eigenvalue weighted by Crippen LogP contribution is 2.47. The minimum atomic E-state index is -1.17. The molecule has 57 heavy (non-hydrogen) atoms. The molecule has 10 unspecified atom stereocenters. The van der Waals surface area contributed by atoms with E-state index in [2.05, 4.69) is 53.9 Å². The Morgan fingerprint density at radius 3 is 2.04 bits per heavy atom. The zero-order chi connectivity index (χ0) is 39.8. The van der Waals surface area contributed by atoms with Crippen LogP contribution in [0, 0.1) is 17.6 Å². The molecule has 0 radical (unpaired) electrons. The Labute approximate surface area is 333 Å². The Kier molecular flexibility index (Phi) is 12.3. The molecule has 9 N–H and O–H groups in total. The van der Waals surface area contributed by atoms with Crippen molar-refractivity contribution in [1.82, 2.24) is 37.2 Å². The van der Waals surface area contributed by atoms with Gasteiger partial charge in [-0.3, -0.25) is 16.0 Å². The molecule has 2 fully saturated rings. The SMILES string of the molecule is CNC1CC(Nc2cc3c(c(C4=CCNCCC4)c2F)OCC(C2Cc4cc(NC5NC(C)C(F)C(NC)N5)c(F)c(C5=CCNCCC5)c4O2)C3)NC(C)C1F. The minimum Gasteiger partial charge on any atom is -0.492 e. The Balaban J connectivity index is 1.10. The van der Waals surface area contributed by atoms with Crippen LogP contribution in [0.4, 0.5) is 28.9 Å². The molecule has 0 aliphatic carbocycles. The number of piperidine rings is 1. The van der Waals surface area contributed by atoms with Gasteiger partial charge in [0, 0.05) is 49.1 Å². The van der Waals surface area contributed by atoms with Crippen molar-refractivity contribution < 1.29 is 27.0 Å². The zero-order valence-electron chi connectivity index (χ0n) is 33.4. The predicted molar refractivity (Wildman–Crippen MR) is 217 cm³/mol. The standard InChI is InChI=1S/C42H59F4N9O2/c1-21-35(43)28(47-3)19-32(51-21)53-29-16-25-15-27(20-56-39(25)33(37(29)45)23-7-5-11-49-13-9-23)31-18-26-17-30(54-42-52-22(2)36(44)41(48-4)55-42)38(46)34(40(26)57-31)24-8-6-12-50-14-10-24/h9-10,16-17,21-22,27-28,31-32,35-36,41-42,47-55H,5-8,11-15,18-20H2,1-4H3. The first-order chi connectivity index (χ1) is 27.6. The maximum atomic E-state index is 16.9. The van der Waals surface area contributed by atoms with Crippen LogP contribution in [0.5, 0.6) is 11.5 Å². The highest BCUT2D eigenvalue weighted by atomic mass is 19.1. The van der Waals surface area contributed by atoms with Gasteiger partial charge in [0.25, 0.3) is 0 Å². The van der Waals surface area contributed by atoms with Crippen LogP contribution in [0.1, 0.15) is 68.2 Å². The topological polar surface area (TPSA) is 127 Å². The summed E-state index contributed by atoms with van der Waals surface area (Å²) in [7, 11) is 3.45. The van der Waals surface area contributed by atoms with E-state index in [0.717, 1.165) is 48.2 Å². The number of ether oxygens (including phenoxy) is 2. The molecule has 8 rings (SSSR count). The Morgan fingerprint density at radius 1 is 0.737 bits per heavy atom. The zero-order valence-corrected chi connectivity index (χ0v) is 33.4. The van der Waals surface area contributed by atoms with Crippen LogP contribution >= 0.6 is 0 Å². The molecule has 0 saturated carbocycles. The smallest absolute Gasteiger partial charge is 0.157 e. The van der Waals surface area contributed by atoms with Gasteiger partial charge in [0.05, 0.1) is 41.4 Å². The summed E-state index contributed by atoms with van der Waals surface area (Å²) in [5.74, 6) is 0.240. The molecule has 0 bridgehead atoms. The van der Waals surface area contributed by atoms with Crippen LogP contribution in [0.3, 0.4) is 0 Å². The van der Waals surface area contributed by atoms with E-state index in [1.165, 1.54) is 0 Å². The van der Waals surface area contributed by atoms with Crippen molar-refractivity contribution in [2.75, 3.05) is 57.5 Å². The first kappa shape index (κ1) is 40.3. The second-order valence-electron chi connectivity index (χ2n) is 16.6. The summed E-state index contributed by atoms with van der Waals surface area (Å²) in [5, 5.41) is 29.2. The van der Waals surface area contributed by atoms with Gasteiger partial charge in [-0.15, -0.1) is 0 Å². The molecule has 2 aromatic carbocycles. The lowest BCUT2D eigenvalue weighted by Crippen LogP contribution is -2.69. The van der Waals surface area contributed by atoms with Crippen LogP contribution in [-0.2, 0) is 12.8 Å². The maximum Gasteiger partial charge on any atom is 0.157 e. The van der Waals surface area contributed by atoms with Crippen LogP contribution in [-0.4, -0.2) is 102 Å². The molecule has 312 valence electrons. The van der Waals surface area contributed by atoms with Crippen LogP contribution < -0.4 is 57.3 Å². The van der Waals surface area contributed by atoms with Gasteiger partial charge in [-0.2, -0.15) is 0 Å². The number of nitrogens with one attached hydrogen (secondary N) is 9. The number of hydrogen-bond donors (Lipinski definition) is 9. The summed E-state index contributed by atoms with van der Waals surface area (Å²) in [4.78, 5) is 0. The maximum absolute atomic E-state index is 16.9. The number of hydrogen-bond acceptors (Lipinski definition) is 11. The molecule has 6 aliphatic heterocycles. The minimum absolute atomic E-state index is 0.105. The average Bonchev–Trinajstić information content (AvgIpc) is 3.36. The van der Waals surface area contributed by atoms with Crippen LogP contribution in [0.2, 0.25) is 0 Å². The molecule has 0 spiro atoms. The molecule has 6 aliphatic rings. The fourth-order valence-corrected chi connectivity index (χ4v) is 9.51. The largest absolute Gasteiger partial charge is 0.492 e. The Hall–Kier alpha value is -3.44. The Bertz CT molecular complexity index is 1850. The van der Waals surface area contributed by atoms with Crippen molar-refractivity contribution in [1.29, 1.82) is 0 Å². The molecule has 10 atom stereocenters. The van der Waals surface area contributed by atoms with Crippen LogP contribution in [0.15, 0.2) is 24.3 Å². The second-order valence-corrected chi connectivity index (χ2v) is 16.6. The second kappa shape index (κ2) is 17.4. The molecule has 6 heterocycles. The van der Waals surface area contributed by atoms with Crippen molar-refractivity contribution >= 4 is 22.5 Å². The molecule has 15 heteroatoms. The number of allylic oxidation sites excluding steroid dienone is 2. The molecule has 0 amide bonds. The van der Waals surface area contributed by atoms with Crippen molar-refractivity contribution in [3.63, 3.8) is 0 Å². The number of fused-ring (bicyclic) bond motifs is 2. The number of benzene rings is 2. The summed E-state index contributed by atoms with van der Waals surface area (Å²) in [6.07, 6.45) is 4.70. The van der Waals surface area contributed by atoms with Crippen LogP contribution in [0.25, 0.3) is 11.1 Å². The normalized spacial score (nSPS) is 33.1. The predicted octanol–water partition coefficient (Wildman–Crippen LogP) is 4.26. The number of halogens is 4. The summed E-state index contributed by atoms with van der Waals surface area (Å²) in [5.41, 5.74) is 5.18. The average molecular weight is 798 g/mol. The number of rotatable bonds is 9. The van der Waals surface area contributed by atoms with E-state index < -0.39 is 42.7 Å².